The van der Waals surface area contributed by atoms with Crippen molar-refractivity contribution in [3.63, 3.8) is 0 Å². The van der Waals surface area contributed by atoms with Crippen molar-refractivity contribution in [2.45, 2.75) is 6.04 Å². The average molecular weight is 504 g/mol. The van der Waals surface area contributed by atoms with Crippen molar-refractivity contribution in [1.82, 2.24) is 4.90 Å². The van der Waals surface area contributed by atoms with Gasteiger partial charge in [0.2, 0.25) is 5.91 Å². The number of nitrogens with zero attached hydrogens (tertiary/aromatic N) is 2. The SMILES string of the molecule is NC(=O)C(c1ccccc1)N1C(=O)/C(=C2/SC(=S)N(CCS(=O)(=O)O)C2=O)c2ccccc21. The van der Waals surface area contributed by atoms with Crippen molar-refractivity contribution in [1.29, 1.82) is 0 Å². The maximum Gasteiger partial charge on any atom is 0.267 e. The Balaban J connectivity index is 1.81. The number of nitrogens with two attached hydrogens (primary N) is 1. The average Bonchev–Trinajstić information content (AvgIpc) is 3.19. The summed E-state index contributed by atoms with van der Waals surface area (Å²) in [6, 6.07) is 14.1. The number of rotatable bonds is 6. The van der Waals surface area contributed by atoms with Gasteiger partial charge >= 0.3 is 0 Å². The number of carbonyl (C=O) groups excluding carboxylic acids is 3. The Labute approximate surface area is 199 Å². The van der Waals surface area contributed by atoms with Gasteiger partial charge in [0, 0.05) is 12.1 Å². The highest BCUT2D eigenvalue weighted by Gasteiger charge is 2.45. The number of benzene rings is 2. The zero-order chi connectivity index (χ0) is 23.9. The summed E-state index contributed by atoms with van der Waals surface area (Å²) in [4.78, 5) is 41.5. The molecule has 4 rings (SSSR count). The second-order valence-corrected chi connectivity index (χ2v) is 10.4. The number of carbonyl (C=O) groups is 3. The van der Waals surface area contributed by atoms with Crippen LogP contribution in [0.25, 0.3) is 5.57 Å². The summed E-state index contributed by atoms with van der Waals surface area (Å²) in [5, 5.41) is 0. The Morgan fingerprint density at radius 2 is 1.70 bits per heavy atom. The van der Waals surface area contributed by atoms with Gasteiger partial charge in [-0.2, -0.15) is 8.42 Å². The van der Waals surface area contributed by atoms with E-state index in [-0.39, 0.29) is 21.3 Å². The summed E-state index contributed by atoms with van der Waals surface area (Å²) in [6.45, 7) is -0.353. The third-order valence-electron chi connectivity index (χ3n) is 5.16. The maximum absolute atomic E-state index is 13.6. The smallest absolute Gasteiger partial charge is 0.267 e. The van der Waals surface area contributed by atoms with Gasteiger partial charge in [0.25, 0.3) is 21.9 Å². The first-order valence-corrected chi connectivity index (χ1v) is 12.4. The molecule has 1 atom stereocenters. The Kier molecular flexibility index (Phi) is 6.10. The van der Waals surface area contributed by atoms with E-state index in [0.29, 0.717) is 16.8 Å². The van der Waals surface area contributed by atoms with Crippen molar-refractivity contribution in [3.8, 4) is 0 Å². The van der Waals surface area contributed by atoms with Crippen LogP contribution in [-0.4, -0.2) is 52.2 Å². The number of primary amides is 1. The topological polar surface area (TPSA) is 138 Å². The summed E-state index contributed by atoms with van der Waals surface area (Å²) >= 11 is 6.08. The molecule has 0 aliphatic carbocycles. The fraction of sp³-hybridized carbons (Fsp3) is 0.143. The molecule has 2 aliphatic rings. The highest BCUT2D eigenvalue weighted by atomic mass is 32.2. The molecule has 33 heavy (non-hydrogen) atoms. The zero-order valence-electron chi connectivity index (χ0n) is 16.9. The zero-order valence-corrected chi connectivity index (χ0v) is 19.3. The first kappa shape index (κ1) is 23.1. The molecule has 1 saturated heterocycles. The molecule has 0 spiro atoms. The van der Waals surface area contributed by atoms with Crippen LogP contribution in [0.1, 0.15) is 17.2 Å². The number of thioether (sulfide) groups is 1. The molecule has 0 radical (unpaired) electrons. The summed E-state index contributed by atoms with van der Waals surface area (Å²) in [6.07, 6.45) is 0. The van der Waals surface area contributed by atoms with E-state index in [1.54, 1.807) is 54.6 Å². The third-order valence-corrected chi connectivity index (χ3v) is 7.30. The molecule has 2 heterocycles. The number of anilines is 1. The molecule has 2 aromatic rings. The van der Waals surface area contributed by atoms with E-state index in [1.807, 2.05) is 0 Å². The number of hydrogen-bond acceptors (Lipinski definition) is 7. The van der Waals surface area contributed by atoms with Crippen LogP contribution < -0.4 is 10.6 Å². The Bertz CT molecular complexity index is 1320. The van der Waals surface area contributed by atoms with Gasteiger partial charge in [0.05, 0.1) is 21.9 Å². The van der Waals surface area contributed by atoms with Crippen molar-refractivity contribution in [2.75, 3.05) is 17.2 Å². The van der Waals surface area contributed by atoms with Gasteiger partial charge in [-0.3, -0.25) is 28.7 Å². The van der Waals surface area contributed by atoms with Gasteiger partial charge in [-0.25, -0.2) is 0 Å². The molecular formula is C21H17N3O6S3. The van der Waals surface area contributed by atoms with Gasteiger partial charge in [0.1, 0.15) is 10.4 Å². The van der Waals surface area contributed by atoms with Crippen LogP contribution in [0.2, 0.25) is 0 Å². The Morgan fingerprint density at radius 1 is 1.06 bits per heavy atom. The summed E-state index contributed by atoms with van der Waals surface area (Å²) in [5.41, 5.74) is 7.09. The maximum atomic E-state index is 13.6. The van der Waals surface area contributed by atoms with E-state index in [1.165, 1.54) is 4.90 Å². The van der Waals surface area contributed by atoms with Gasteiger partial charge in [-0.15, -0.1) is 0 Å². The van der Waals surface area contributed by atoms with E-state index in [2.05, 4.69) is 0 Å². The van der Waals surface area contributed by atoms with Crippen LogP contribution >= 0.6 is 24.0 Å². The van der Waals surface area contributed by atoms with Crippen molar-refractivity contribution < 1.29 is 27.4 Å². The molecule has 0 saturated carbocycles. The molecule has 1 fully saturated rings. The lowest BCUT2D eigenvalue weighted by Crippen LogP contribution is -2.40. The van der Waals surface area contributed by atoms with Gasteiger partial charge < -0.3 is 5.73 Å². The molecule has 3 amide bonds. The molecule has 12 heteroatoms. The van der Waals surface area contributed by atoms with Crippen LogP contribution in [0.4, 0.5) is 5.69 Å². The predicted molar refractivity (Wildman–Crippen MR) is 128 cm³/mol. The molecular weight excluding hydrogens is 486 g/mol. The van der Waals surface area contributed by atoms with Crippen LogP contribution in [0, 0.1) is 0 Å². The van der Waals surface area contributed by atoms with Crippen LogP contribution in [0.5, 0.6) is 0 Å². The quantitative estimate of drug-likeness (QED) is 0.345. The molecule has 1 unspecified atom stereocenters. The van der Waals surface area contributed by atoms with E-state index in [4.69, 9.17) is 22.5 Å². The molecule has 0 aromatic heterocycles. The molecule has 9 nitrogen and oxygen atoms in total. The van der Waals surface area contributed by atoms with E-state index < -0.39 is 39.6 Å². The Morgan fingerprint density at radius 3 is 2.33 bits per heavy atom. The molecule has 2 aliphatic heterocycles. The molecule has 0 bridgehead atoms. The molecule has 3 N–H and O–H groups in total. The lowest BCUT2D eigenvalue weighted by Gasteiger charge is -2.26. The summed E-state index contributed by atoms with van der Waals surface area (Å²) in [7, 11) is -4.32. The fourth-order valence-electron chi connectivity index (χ4n) is 3.74. The van der Waals surface area contributed by atoms with E-state index in [0.717, 1.165) is 16.7 Å². The fourth-order valence-corrected chi connectivity index (χ4v) is 5.53. The minimum atomic E-state index is -4.32. The van der Waals surface area contributed by atoms with Crippen molar-refractivity contribution in [3.05, 3.63) is 70.6 Å². The van der Waals surface area contributed by atoms with Gasteiger partial charge in [-0.1, -0.05) is 72.5 Å². The minimum Gasteiger partial charge on any atom is -0.368 e. The molecule has 170 valence electrons. The highest BCUT2D eigenvalue weighted by molar-refractivity contribution is 8.26. The second-order valence-electron chi connectivity index (χ2n) is 7.22. The largest absolute Gasteiger partial charge is 0.368 e. The minimum absolute atomic E-state index is 0.0200. The van der Waals surface area contributed by atoms with E-state index >= 15 is 0 Å². The molecule has 2 aromatic carbocycles. The van der Waals surface area contributed by atoms with Gasteiger partial charge in [-0.05, 0) is 11.6 Å². The number of amides is 3. The monoisotopic (exact) mass is 503 g/mol. The Hall–Kier alpha value is -3.06. The number of hydrogen-bond donors (Lipinski definition) is 2. The lowest BCUT2D eigenvalue weighted by molar-refractivity contribution is -0.122. The second kappa shape index (κ2) is 8.71. The highest BCUT2D eigenvalue weighted by Crippen LogP contribution is 2.47. The normalized spacial score (nSPS) is 19.2. The third kappa shape index (κ3) is 4.29. The number of fused-ring (bicyclic) bond motifs is 1. The first-order chi connectivity index (χ1) is 15.6. The van der Waals surface area contributed by atoms with E-state index in [9.17, 15) is 22.8 Å². The predicted octanol–water partition coefficient (Wildman–Crippen LogP) is 1.72. The summed E-state index contributed by atoms with van der Waals surface area (Å²) in [5.74, 6) is -2.69. The van der Waals surface area contributed by atoms with Crippen LogP contribution in [0.3, 0.4) is 0 Å². The van der Waals surface area contributed by atoms with Crippen molar-refractivity contribution >= 4 is 67.4 Å². The standard InChI is InChI=1S/C21H17N3O6S3/c22-18(25)16(12-6-2-1-3-7-12)24-14-9-5-4-8-13(14)15(19(24)26)17-20(27)23(21(31)32-17)10-11-33(28,29)30/h1-9,16H,10-11H2,(H2,22,25)(H,28,29,30)/b17-15+. The summed E-state index contributed by atoms with van der Waals surface area (Å²) < 4.78 is 31.3. The van der Waals surface area contributed by atoms with Gasteiger partial charge in [0.15, 0.2) is 0 Å². The number of para-hydroxylation sites is 1. The van der Waals surface area contributed by atoms with Crippen LogP contribution in [-0.2, 0) is 24.5 Å². The van der Waals surface area contributed by atoms with Crippen LogP contribution in [0.15, 0.2) is 59.5 Å². The number of thiocarbonyl (C=S) groups is 1. The lowest BCUT2D eigenvalue weighted by atomic mass is 10.0. The first-order valence-electron chi connectivity index (χ1n) is 9.60. The van der Waals surface area contributed by atoms with Crippen molar-refractivity contribution in [2.24, 2.45) is 5.73 Å².